The molecule has 0 amide bonds. The van der Waals surface area contributed by atoms with E-state index in [0.717, 1.165) is 0 Å². The highest BCUT2D eigenvalue weighted by molar-refractivity contribution is 5.85. The van der Waals surface area contributed by atoms with Crippen molar-refractivity contribution in [3.05, 3.63) is 23.8 Å². The number of nitrogens with two attached hydrogens (primary N) is 1. The molecule has 0 aromatic heterocycles. The van der Waals surface area contributed by atoms with Gasteiger partial charge in [0, 0.05) is 6.42 Å². The third kappa shape index (κ3) is 3.28. The van der Waals surface area contributed by atoms with Crippen molar-refractivity contribution in [2.24, 2.45) is 5.73 Å². The molecular weight excluding hydrogens is 246 g/mol. The van der Waals surface area contributed by atoms with Crippen LogP contribution in [0.15, 0.2) is 18.2 Å². The number of aliphatic carboxylic acids is 1. The molecule has 0 radical (unpaired) electrons. The molecule has 17 heavy (non-hydrogen) atoms. The molecule has 0 aliphatic heterocycles. The van der Waals surface area contributed by atoms with Crippen molar-refractivity contribution >= 4 is 18.4 Å². The number of carbonyl (C=O) groups is 1. The Morgan fingerprint density at radius 1 is 1.41 bits per heavy atom. The average molecular weight is 258 g/mol. The zero-order valence-corrected chi connectivity index (χ0v) is 9.57. The molecule has 6 heteroatoms. The lowest BCUT2D eigenvalue weighted by Crippen LogP contribution is -2.48. The van der Waals surface area contributed by atoms with Crippen LogP contribution in [0.5, 0.6) is 11.5 Å². The summed E-state index contributed by atoms with van der Waals surface area (Å²) in [4.78, 5) is 10.8. The van der Waals surface area contributed by atoms with Gasteiger partial charge in [-0.3, -0.25) is 0 Å². The number of hydrogen-bond acceptors (Lipinski definition) is 4. The maximum atomic E-state index is 10.8. The lowest BCUT2D eigenvalue weighted by molar-refractivity contribution is -0.141. The fourth-order valence-electron chi connectivity index (χ4n) is 1.19. The Bertz CT molecular complexity index is 469. The van der Waals surface area contributed by atoms with Crippen LogP contribution in [0.25, 0.3) is 0 Å². The first kappa shape index (κ1) is 15.1. The number of carboxylic acids is 1. The number of halogens is 1. The Balaban J connectivity index is 0.00000256. The summed E-state index contributed by atoms with van der Waals surface area (Å²) in [5.41, 5.74) is 4.09. The molecule has 0 fully saturated rings. The Morgan fingerprint density at radius 3 is 2.41 bits per heavy atom. The summed E-state index contributed by atoms with van der Waals surface area (Å²) in [6, 6.07) is 3.90. The molecular formula is C11H12ClNO4. The van der Waals surface area contributed by atoms with Gasteiger partial charge in [-0.05, 0) is 17.7 Å². The van der Waals surface area contributed by atoms with Gasteiger partial charge < -0.3 is 21.1 Å². The number of rotatable bonds is 3. The molecule has 0 spiro atoms. The van der Waals surface area contributed by atoms with E-state index in [9.17, 15) is 9.90 Å². The van der Waals surface area contributed by atoms with Crippen molar-refractivity contribution in [3.63, 3.8) is 0 Å². The van der Waals surface area contributed by atoms with E-state index in [1.165, 1.54) is 18.2 Å². The number of phenols is 2. The molecule has 1 aromatic rings. The van der Waals surface area contributed by atoms with Gasteiger partial charge in [-0.15, -0.1) is 18.8 Å². The third-order valence-corrected chi connectivity index (χ3v) is 2.16. The molecule has 0 unspecified atom stereocenters. The summed E-state index contributed by atoms with van der Waals surface area (Å²) in [6.45, 7) is 0. The zero-order chi connectivity index (χ0) is 12.3. The normalized spacial score (nSPS) is 12.9. The standard InChI is InChI=1S/C11H11NO4.ClH/c1-2-11(12,10(15)16)6-7-3-4-8(13)9(14)5-7;/h1,3-5,13-14H,6,12H2,(H,15,16);1H/t11-;/m0./s1. The van der Waals surface area contributed by atoms with Crippen LogP contribution in [0.2, 0.25) is 0 Å². The van der Waals surface area contributed by atoms with Crippen LogP contribution in [0.1, 0.15) is 5.56 Å². The number of aromatic hydroxyl groups is 2. The quantitative estimate of drug-likeness (QED) is 0.466. The molecule has 1 aromatic carbocycles. The van der Waals surface area contributed by atoms with Gasteiger partial charge in [-0.2, -0.15) is 0 Å². The first-order valence-electron chi connectivity index (χ1n) is 4.40. The minimum absolute atomic E-state index is 0. The van der Waals surface area contributed by atoms with E-state index < -0.39 is 11.5 Å². The minimum Gasteiger partial charge on any atom is -0.504 e. The van der Waals surface area contributed by atoms with Crippen LogP contribution >= 0.6 is 12.4 Å². The average Bonchev–Trinajstić information content (AvgIpc) is 2.23. The van der Waals surface area contributed by atoms with Gasteiger partial charge in [0.25, 0.3) is 0 Å². The van der Waals surface area contributed by atoms with Crippen LogP contribution in [-0.2, 0) is 11.2 Å². The number of terminal acetylenes is 1. The van der Waals surface area contributed by atoms with Gasteiger partial charge >= 0.3 is 5.97 Å². The van der Waals surface area contributed by atoms with Gasteiger partial charge in [0.2, 0.25) is 0 Å². The van der Waals surface area contributed by atoms with Crippen LogP contribution < -0.4 is 5.73 Å². The molecule has 5 N–H and O–H groups in total. The molecule has 0 bridgehead atoms. The topological polar surface area (TPSA) is 104 Å². The summed E-state index contributed by atoms with van der Waals surface area (Å²) in [5.74, 6) is 0.0429. The fourth-order valence-corrected chi connectivity index (χ4v) is 1.19. The summed E-state index contributed by atoms with van der Waals surface area (Å²) in [7, 11) is 0. The smallest absolute Gasteiger partial charge is 0.336 e. The Morgan fingerprint density at radius 2 is 2.00 bits per heavy atom. The second kappa shape index (κ2) is 5.43. The summed E-state index contributed by atoms with van der Waals surface area (Å²) in [6.07, 6.45) is 4.92. The van der Waals surface area contributed by atoms with Gasteiger partial charge in [0.05, 0.1) is 0 Å². The first-order valence-corrected chi connectivity index (χ1v) is 4.40. The Labute approximate surface area is 104 Å². The van der Waals surface area contributed by atoms with Crippen LogP contribution in [0.4, 0.5) is 0 Å². The summed E-state index contributed by atoms with van der Waals surface area (Å²) < 4.78 is 0. The molecule has 0 saturated carbocycles. The van der Waals surface area contributed by atoms with Crippen molar-refractivity contribution in [2.75, 3.05) is 0 Å². The highest BCUT2D eigenvalue weighted by atomic mass is 35.5. The summed E-state index contributed by atoms with van der Waals surface area (Å²) in [5, 5.41) is 27.1. The van der Waals surface area contributed by atoms with Crippen LogP contribution in [0.3, 0.4) is 0 Å². The number of phenolic OH excluding ortho intramolecular Hbond substituents is 2. The molecule has 0 aliphatic carbocycles. The molecule has 0 saturated heterocycles. The molecule has 1 rings (SSSR count). The monoisotopic (exact) mass is 257 g/mol. The van der Waals surface area contributed by atoms with Crippen molar-refractivity contribution < 1.29 is 20.1 Å². The van der Waals surface area contributed by atoms with Gasteiger partial charge in [-0.25, -0.2) is 4.79 Å². The number of carboxylic acid groups (broad SMARTS) is 1. The van der Waals surface area contributed by atoms with E-state index in [1.807, 2.05) is 5.92 Å². The van der Waals surface area contributed by atoms with Crippen LogP contribution in [-0.4, -0.2) is 26.8 Å². The summed E-state index contributed by atoms with van der Waals surface area (Å²) >= 11 is 0. The third-order valence-electron chi connectivity index (χ3n) is 2.16. The zero-order valence-electron chi connectivity index (χ0n) is 8.75. The molecule has 5 nitrogen and oxygen atoms in total. The van der Waals surface area contributed by atoms with Gasteiger partial charge in [0.15, 0.2) is 17.0 Å². The van der Waals surface area contributed by atoms with E-state index in [0.29, 0.717) is 5.56 Å². The maximum Gasteiger partial charge on any atom is 0.336 e. The predicted molar refractivity (Wildman–Crippen MR) is 64.1 cm³/mol. The van der Waals surface area contributed by atoms with E-state index in [1.54, 1.807) is 0 Å². The molecule has 1 atom stereocenters. The van der Waals surface area contributed by atoms with E-state index in [2.05, 4.69) is 0 Å². The SMILES string of the molecule is C#C[C@](N)(Cc1ccc(O)c(O)c1)C(=O)O.Cl. The maximum absolute atomic E-state index is 10.8. The minimum atomic E-state index is -1.82. The predicted octanol–water partition coefficient (Wildman–Crippen LogP) is 0.477. The fraction of sp³-hybridized carbons (Fsp3) is 0.182. The highest BCUT2D eigenvalue weighted by Crippen LogP contribution is 2.26. The first-order chi connectivity index (χ1) is 7.39. The molecule has 92 valence electrons. The molecule has 0 heterocycles. The van der Waals surface area contributed by atoms with Crippen LogP contribution in [0, 0.1) is 12.3 Å². The second-order valence-electron chi connectivity index (χ2n) is 3.42. The van der Waals surface area contributed by atoms with Crippen molar-refractivity contribution in [1.29, 1.82) is 0 Å². The largest absolute Gasteiger partial charge is 0.504 e. The Kier molecular flexibility index (Phi) is 4.83. The van der Waals surface area contributed by atoms with E-state index in [4.69, 9.17) is 22.4 Å². The highest BCUT2D eigenvalue weighted by Gasteiger charge is 2.31. The lowest BCUT2D eigenvalue weighted by Gasteiger charge is -2.18. The molecule has 0 aliphatic rings. The Hall–Kier alpha value is -1.90. The van der Waals surface area contributed by atoms with Gasteiger partial charge in [-0.1, -0.05) is 12.0 Å². The van der Waals surface area contributed by atoms with E-state index >= 15 is 0 Å². The lowest BCUT2D eigenvalue weighted by atomic mass is 9.93. The second-order valence-corrected chi connectivity index (χ2v) is 3.42. The van der Waals surface area contributed by atoms with Crippen molar-refractivity contribution in [3.8, 4) is 23.8 Å². The number of benzene rings is 1. The van der Waals surface area contributed by atoms with Gasteiger partial charge in [0.1, 0.15) is 0 Å². The van der Waals surface area contributed by atoms with Crippen molar-refractivity contribution in [1.82, 2.24) is 0 Å². The van der Waals surface area contributed by atoms with Crippen molar-refractivity contribution in [2.45, 2.75) is 12.0 Å². The van der Waals surface area contributed by atoms with E-state index in [-0.39, 0.29) is 30.3 Å². The number of hydrogen-bond donors (Lipinski definition) is 4.